The quantitative estimate of drug-likeness (QED) is 0.918. The first-order chi connectivity index (χ1) is 8.60. The summed E-state index contributed by atoms with van der Waals surface area (Å²) in [5, 5.41) is 12.2. The van der Waals surface area contributed by atoms with Crippen molar-refractivity contribution in [3.63, 3.8) is 0 Å². The summed E-state index contributed by atoms with van der Waals surface area (Å²) in [6, 6.07) is 4.18. The van der Waals surface area contributed by atoms with E-state index in [1.807, 2.05) is 31.6 Å². The van der Waals surface area contributed by atoms with Gasteiger partial charge < -0.3 is 5.32 Å². The van der Waals surface area contributed by atoms with Crippen LogP contribution in [0.2, 0.25) is 0 Å². The zero-order valence-electron chi connectivity index (χ0n) is 12.0. The molecule has 5 nitrogen and oxygen atoms in total. The molecule has 0 unspecified atom stereocenters. The van der Waals surface area contributed by atoms with Gasteiger partial charge in [-0.2, -0.15) is 10.2 Å². The molecule has 0 aliphatic rings. The van der Waals surface area contributed by atoms with Crippen molar-refractivity contribution in [2.45, 2.75) is 40.3 Å². The van der Waals surface area contributed by atoms with Crippen molar-refractivity contribution < 1.29 is 0 Å². The third kappa shape index (κ3) is 3.73. The summed E-state index contributed by atoms with van der Waals surface area (Å²) < 4.78 is 3.94. The topological polar surface area (TPSA) is 47.7 Å². The van der Waals surface area contributed by atoms with Gasteiger partial charge in [-0.15, -0.1) is 12.4 Å². The molecule has 0 atom stereocenters. The number of anilines is 1. The van der Waals surface area contributed by atoms with Gasteiger partial charge in [0.05, 0.1) is 23.6 Å². The standard InChI is InChI=1S/C13H21N5.ClH/c1-5-6-18-12(7-10(2)16-18)9-14-13-8-11(3)15-17(13)4;/h7-8,14H,5-6,9H2,1-4H3;1H. The molecular formula is C13H22ClN5. The Kier molecular flexibility index (Phi) is 5.42. The number of halogens is 1. The fourth-order valence-electron chi connectivity index (χ4n) is 2.10. The molecule has 0 aromatic carbocycles. The highest BCUT2D eigenvalue weighted by atomic mass is 35.5. The molecule has 0 spiro atoms. The van der Waals surface area contributed by atoms with Gasteiger partial charge in [-0.1, -0.05) is 6.92 Å². The number of hydrogen-bond donors (Lipinski definition) is 1. The molecule has 106 valence electrons. The summed E-state index contributed by atoms with van der Waals surface area (Å²) in [6.45, 7) is 7.94. The lowest BCUT2D eigenvalue weighted by atomic mass is 10.3. The molecule has 0 bridgehead atoms. The number of aromatic nitrogens is 4. The Morgan fingerprint density at radius 3 is 2.42 bits per heavy atom. The molecule has 0 saturated heterocycles. The van der Waals surface area contributed by atoms with E-state index in [1.54, 1.807) is 0 Å². The average molecular weight is 284 g/mol. The van der Waals surface area contributed by atoms with E-state index in [9.17, 15) is 0 Å². The first kappa shape index (κ1) is 15.6. The molecule has 0 radical (unpaired) electrons. The highest BCUT2D eigenvalue weighted by Crippen LogP contribution is 2.11. The van der Waals surface area contributed by atoms with Crippen molar-refractivity contribution in [1.82, 2.24) is 19.6 Å². The van der Waals surface area contributed by atoms with Gasteiger partial charge in [0.1, 0.15) is 5.82 Å². The van der Waals surface area contributed by atoms with Gasteiger partial charge in [0, 0.05) is 19.7 Å². The molecule has 0 amide bonds. The summed E-state index contributed by atoms with van der Waals surface area (Å²) in [6.07, 6.45) is 1.10. The van der Waals surface area contributed by atoms with Gasteiger partial charge in [-0.25, -0.2) is 0 Å². The largest absolute Gasteiger partial charge is 0.365 e. The van der Waals surface area contributed by atoms with E-state index in [0.29, 0.717) is 0 Å². The summed E-state index contributed by atoms with van der Waals surface area (Å²) in [5.74, 6) is 1.04. The highest BCUT2D eigenvalue weighted by molar-refractivity contribution is 5.85. The Balaban J connectivity index is 0.00000180. The van der Waals surface area contributed by atoms with E-state index < -0.39 is 0 Å². The molecule has 2 rings (SSSR count). The fourth-order valence-corrected chi connectivity index (χ4v) is 2.10. The van der Waals surface area contributed by atoms with E-state index in [2.05, 4.69) is 33.2 Å². The minimum absolute atomic E-state index is 0. The highest BCUT2D eigenvalue weighted by Gasteiger charge is 2.06. The lowest BCUT2D eigenvalue weighted by Crippen LogP contribution is -2.10. The zero-order chi connectivity index (χ0) is 13.1. The number of hydrogen-bond acceptors (Lipinski definition) is 3. The molecule has 0 saturated carbocycles. The Hall–Kier alpha value is -1.49. The van der Waals surface area contributed by atoms with E-state index in [0.717, 1.165) is 36.7 Å². The summed E-state index contributed by atoms with van der Waals surface area (Å²) >= 11 is 0. The van der Waals surface area contributed by atoms with Crippen LogP contribution in [0.4, 0.5) is 5.82 Å². The van der Waals surface area contributed by atoms with Crippen LogP contribution >= 0.6 is 12.4 Å². The second kappa shape index (κ2) is 6.61. The summed E-state index contributed by atoms with van der Waals surface area (Å²) in [4.78, 5) is 0. The molecule has 1 N–H and O–H groups in total. The number of rotatable bonds is 5. The number of aryl methyl sites for hydroxylation is 4. The zero-order valence-corrected chi connectivity index (χ0v) is 12.8. The number of nitrogens with one attached hydrogen (secondary N) is 1. The van der Waals surface area contributed by atoms with Gasteiger partial charge in [0.2, 0.25) is 0 Å². The van der Waals surface area contributed by atoms with Crippen LogP contribution in [-0.4, -0.2) is 19.6 Å². The molecule has 2 heterocycles. The lowest BCUT2D eigenvalue weighted by molar-refractivity contribution is 0.574. The van der Waals surface area contributed by atoms with E-state index >= 15 is 0 Å². The predicted octanol–water partition coefficient (Wildman–Crippen LogP) is 2.68. The third-order valence-corrected chi connectivity index (χ3v) is 2.87. The van der Waals surface area contributed by atoms with Gasteiger partial charge >= 0.3 is 0 Å². The van der Waals surface area contributed by atoms with Gasteiger partial charge in [-0.05, 0) is 26.3 Å². The molecule has 2 aromatic rings. The van der Waals surface area contributed by atoms with Crippen molar-refractivity contribution in [1.29, 1.82) is 0 Å². The Bertz CT molecular complexity index is 529. The van der Waals surface area contributed by atoms with Crippen LogP contribution < -0.4 is 5.32 Å². The molecule has 0 aliphatic carbocycles. The molecular weight excluding hydrogens is 262 g/mol. The van der Waals surface area contributed by atoms with Crippen LogP contribution in [0.25, 0.3) is 0 Å². The fraction of sp³-hybridized carbons (Fsp3) is 0.538. The summed E-state index contributed by atoms with van der Waals surface area (Å²) in [7, 11) is 1.95. The molecule has 19 heavy (non-hydrogen) atoms. The first-order valence-corrected chi connectivity index (χ1v) is 6.38. The van der Waals surface area contributed by atoms with Gasteiger partial charge in [-0.3, -0.25) is 9.36 Å². The van der Waals surface area contributed by atoms with Gasteiger partial charge in [0.15, 0.2) is 0 Å². The maximum atomic E-state index is 4.49. The Morgan fingerprint density at radius 1 is 1.16 bits per heavy atom. The minimum Gasteiger partial charge on any atom is -0.365 e. The molecule has 0 fully saturated rings. The molecule has 2 aromatic heterocycles. The van der Waals surface area contributed by atoms with Crippen LogP contribution in [0.5, 0.6) is 0 Å². The van der Waals surface area contributed by atoms with Crippen molar-refractivity contribution in [3.8, 4) is 0 Å². The maximum absolute atomic E-state index is 4.49. The SMILES string of the molecule is CCCn1nc(C)cc1CNc1cc(C)nn1C.Cl. The predicted molar refractivity (Wildman–Crippen MR) is 79.8 cm³/mol. The second-order valence-electron chi connectivity index (χ2n) is 4.65. The van der Waals surface area contributed by atoms with Crippen molar-refractivity contribution in [2.24, 2.45) is 7.05 Å². The Labute approximate surface area is 120 Å². The van der Waals surface area contributed by atoms with Crippen molar-refractivity contribution in [2.75, 3.05) is 5.32 Å². The van der Waals surface area contributed by atoms with E-state index in [1.165, 1.54) is 5.69 Å². The van der Waals surface area contributed by atoms with Crippen molar-refractivity contribution >= 4 is 18.2 Å². The smallest absolute Gasteiger partial charge is 0.124 e. The van der Waals surface area contributed by atoms with Crippen molar-refractivity contribution in [3.05, 3.63) is 29.2 Å². The first-order valence-electron chi connectivity index (χ1n) is 6.38. The third-order valence-electron chi connectivity index (χ3n) is 2.87. The van der Waals surface area contributed by atoms with Crippen LogP contribution in [0.15, 0.2) is 12.1 Å². The average Bonchev–Trinajstić information content (AvgIpc) is 2.80. The van der Waals surface area contributed by atoms with Crippen LogP contribution in [0.1, 0.15) is 30.4 Å². The molecule has 6 heteroatoms. The Morgan fingerprint density at radius 2 is 1.84 bits per heavy atom. The van der Waals surface area contributed by atoms with E-state index in [4.69, 9.17) is 0 Å². The molecule has 0 aliphatic heterocycles. The lowest BCUT2D eigenvalue weighted by Gasteiger charge is -2.08. The summed E-state index contributed by atoms with van der Waals surface area (Å²) in [5.41, 5.74) is 3.31. The monoisotopic (exact) mass is 283 g/mol. The maximum Gasteiger partial charge on any atom is 0.124 e. The second-order valence-corrected chi connectivity index (χ2v) is 4.65. The van der Waals surface area contributed by atoms with E-state index in [-0.39, 0.29) is 12.4 Å². The van der Waals surface area contributed by atoms with Crippen LogP contribution in [-0.2, 0) is 20.1 Å². The van der Waals surface area contributed by atoms with Gasteiger partial charge in [0.25, 0.3) is 0 Å². The number of nitrogens with zero attached hydrogens (tertiary/aromatic N) is 4. The minimum atomic E-state index is 0. The van der Waals surface area contributed by atoms with Crippen LogP contribution in [0.3, 0.4) is 0 Å². The normalized spacial score (nSPS) is 10.3. The van der Waals surface area contributed by atoms with Crippen LogP contribution in [0, 0.1) is 13.8 Å².